The summed E-state index contributed by atoms with van der Waals surface area (Å²) in [5.41, 5.74) is 3.34. The van der Waals surface area contributed by atoms with E-state index in [1.165, 1.54) is 5.56 Å². The van der Waals surface area contributed by atoms with Crippen molar-refractivity contribution >= 4 is 6.09 Å². The molecule has 0 spiro atoms. The van der Waals surface area contributed by atoms with Crippen molar-refractivity contribution in [3.8, 4) is 5.69 Å². The van der Waals surface area contributed by atoms with Gasteiger partial charge in [0.15, 0.2) is 0 Å². The molecule has 2 heterocycles. The zero-order chi connectivity index (χ0) is 17.1. The molecule has 0 unspecified atom stereocenters. The summed E-state index contributed by atoms with van der Waals surface area (Å²) in [6.45, 7) is 0.258. The first-order chi connectivity index (χ1) is 12.3. The van der Waals surface area contributed by atoms with Crippen molar-refractivity contribution in [2.24, 2.45) is 0 Å². The third-order valence-electron chi connectivity index (χ3n) is 4.44. The monoisotopic (exact) mass is 333 g/mol. The van der Waals surface area contributed by atoms with E-state index in [9.17, 15) is 4.79 Å². The fourth-order valence-electron chi connectivity index (χ4n) is 3.21. The number of hydrogen-bond acceptors (Lipinski definition) is 3. The van der Waals surface area contributed by atoms with E-state index in [1.54, 1.807) is 6.20 Å². The molecule has 0 radical (unpaired) electrons. The zero-order valence-corrected chi connectivity index (χ0v) is 13.8. The van der Waals surface area contributed by atoms with Crippen molar-refractivity contribution in [2.45, 2.75) is 25.5 Å². The molecule has 0 aliphatic carbocycles. The van der Waals surface area contributed by atoms with E-state index >= 15 is 0 Å². The minimum atomic E-state index is -0.422. The third-order valence-corrected chi connectivity index (χ3v) is 4.44. The van der Waals surface area contributed by atoms with E-state index in [4.69, 9.17) is 4.74 Å². The predicted octanol–water partition coefficient (Wildman–Crippen LogP) is 3.79. The van der Waals surface area contributed by atoms with Gasteiger partial charge >= 0.3 is 6.09 Å². The number of carbonyl (C=O) groups is 1. The smallest absolute Gasteiger partial charge is 0.408 e. The molecule has 0 saturated heterocycles. The van der Waals surface area contributed by atoms with Gasteiger partial charge in [-0.1, -0.05) is 48.5 Å². The first-order valence-corrected chi connectivity index (χ1v) is 8.40. The first-order valence-electron chi connectivity index (χ1n) is 8.40. The fourth-order valence-corrected chi connectivity index (χ4v) is 3.21. The quantitative estimate of drug-likeness (QED) is 0.793. The lowest BCUT2D eigenvalue weighted by Gasteiger charge is -2.16. The Labute approximate surface area is 146 Å². The molecule has 1 aliphatic rings. The van der Waals surface area contributed by atoms with Gasteiger partial charge in [0.2, 0.25) is 0 Å². The van der Waals surface area contributed by atoms with Crippen LogP contribution in [0.4, 0.5) is 4.79 Å². The summed E-state index contributed by atoms with van der Waals surface area (Å²) in [6.07, 6.45) is 4.94. The number of ether oxygens (including phenoxy) is 1. The molecule has 1 amide bonds. The van der Waals surface area contributed by atoms with Crippen LogP contribution in [0.2, 0.25) is 0 Å². The average molecular weight is 333 g/mol. The fraction of sp³-hybridized carbons (Fsp3) is 0.200. The lowest BCUT2D eigenvalue weighted by molar-refractivity contribution is 0.134. The molecule has 1 N–H and O–H groups in total. The molecule has 126 valence electrons. The van der Waals surface area contributed by atoms with Gasteiger partial charge in [0, 0.05) is 18.1 Å². The number of aryl methyl sites for hydroxylation is 1. The summed E-state index contributed by atoms with van der Waals surface area (Å²) in [5, 5.41) is 2.96. The van der Waals surface area contributed by atoms with Crippen molar-refractivity contribution in [2.75, 3.05) is 0 Å². The highest BCUT2D eigenvalue weighted by molar-refractivity contribution is 5.68. The lowest BCUT2D eigenvalue weighted by Crippen LogP contribution is -2.30. The molecule has 0 saturated carbocycles. The van der Waals surface area contributed by atoms with Gasteiger partial charge in [-0.2, -0.15) is 0 Å². The molecule has 1 aromatic heterocycles. The van der Waals surface area contributed by atoms with Gasteiger partial charge in [-0.3, -0.25) is 0 Å². The van der Waals surface area contributed by atoms with E-state index in [0.717, 1.165) is 29.9 Å². The number of benzene rings is 2. The maximum absolute atomic E-state index is 12.2. The predicted molar refractivity (Wildman–Crippen MR) is 94.4 cm³/mol. The molecule has 5 nitrogen and oxygen atoms in total. The molecule has 2 aromatic carbocycles. The number of hydrogen-bond donors (Lipinski definition) is 1. The van der Waals surface area contributed by atoms with E-state index in [-0.39, 0.29) is 12.6 Å². The topological polar surface area (TPSA) is 56.2 Å². The maximum atomic E-state index is 12.2. The second kappa shape index (κ2) is 6.81. The average Bonchev–Trinajstić information content (AvgIpc) is 3.09. The third kappa shape index (κ3) is 3.26. The number of fused-ring (bicyclic) bond motifs is 3. The van der Waals surface area contributed by atoms with Gasteiger partial charge in [0.05, 0.1) is 6.04 Å². The van der Waals surface area contributed by atoms with Crippen LogP contribution in [0.3, 0.4) is 0 Å². The minimum Gasteiger partial charge on any atom is -0.445 e. The molecule has 5 heteroatoms. The van der Waals surface area contributed by atoms with Gasteiger partial charge in [0.25, 0.3) is 0 Å². The van der Waals surface area contributed by atoms with Crippen molar-refractivity contribution in [3.05, 3.63) is 83.9 Å². The van der Waals surface area contributed by atoms with E-state index in [0.29, 0.717) is 0 Å². The highest BCUT2D eigenvalue weighted by atomic mass is 16.5. The summed E-state index contributed by atoms with van der Waals surface area (Å²) < 4.78 is 7.40. The van der Waals surface area contributed by atoms with Gasteiger partial charge < -0.3 is 14.6 Å². The van der Waals surface area contributed by atoms with Crippen molar-refractivity contribution < 1.29 is 9.53 Å². The van der Waals surface area contributed by atoms with Crippen LogP contribution >= 0.6 is 0 Å². The minimum absolute atomic E-state index is 0.175. The Morgan fingerprint density at radius 2 is 1.96 bits per heavy atom. The molecule has 0 fully saturated rings. The Hall–Kier alpha value is -3.08. The van der Waals surface area contributed by atoms with Gasteiger partial charge in [-0.25, -0.2) is 9.78 Å². The van der Waals surface area contributed by atoms with Crippen LogP contribution < -0.4 is 5.32 Å². The van der Waals surface area contributed by atoms with Crippen LogP contribution in [0, 0.1) is 0 Å². The number of amides is 1. The molecule has 3 aromatic rings. The standard InChI is InChI=1S/C20H19N3O2/c24-20(25-14-15-6-2-1-3-7-15)22-17-11-10-16-8-4-5-9-18(16)23-13-12-21-19(17)23/h1-9,12-13,17H,10-11,14H2,(H,22,24)/t17-/m0/s1. The van der Waals surface area contributed by atoms with E-state index in [1.807, 2.05) is 53.2 Å². The summed E-state index contributed by atoms with van der Waals surface area (Å²) >= 11 is 0. The lowest BCUT2D eigenvalue weighted by atomic mass is 10.1. The highest BCUT2D eigenvalue weighted by Crippen LogP contribution is 2.28. The van der Waals surface area contributed by atoms with Crippen molar-refractivity contribution in [1.82, 2.24) is 14.9 Å². The molecule has 1 aliphatic heterocycles. The molecule has 4 rings (SSSR count). The van der Waals surface area contributed by atoms with Crippen LogP contribution in [0.25, 0.3) is 5.69 Å². The number of nitrogens with zero attached hydrogens (tertiary/aromatic N) is 2. The number of aromatic nitrogens is 2. The SMILES string of the molecule is O=C(N[C@H]1CCc2ccccc2-n2ccnc21)OCc1ccccc1. The number of alkyl carbamates (subject to hydrolysis) is 1. The second-order valence-electron chi connectivity index (χ2n) is 6.08. The van der Waals surface area contributed by atoms with Crippen LogP contribution in [-0.4, -0.2) is 15.6 Å². The second-order valence-corrected chi connectivity index (χ2v) is 6.08. The van der Waals surface area contributed by atoms with Gasteiger partial charge in [0.1, 0.15) is 12.4 Å². The molecule has 0 bridgehead atoms. The molecule has 25 heavy (non-hydrogen) atoms. The summed E-state index contributed by atoms with van der Waals surface area (Å²) in [5.74, 6) is 0.835. The Kier molecular flexibility index (Phi) is 4.21. The molecular weight excluding hydrogens is 314 g/mol. The Morgan fingerprint density at radius 3 is 2.84 bits per heavy atom. The van der Waals surface area contributed by atoms with Gasteiger partial charge in [-0.05, 0) is 30.0 Å². The summed E-state index contributed by atoms with van der Waals surface area (Å²) in [7, 11) is 0. The Bertz CT molecular complexity index is 873. The van der Waals surface area contributed by atoms with Gasteiger partial charge in [-0.15, -0.1) is 0 Å². The number of rotatable bonds is 3. The maximum Gasteiger partial charge on any atom is 0.408 e. The van der Waals surface area contributed by atoms with Crippen LogP contribution in [0.15, 0.2) is 67.0 Å². The van der Waals surface area contributed by atoms with E-state index in [2.05, 4.69) is 22.4 Å². The summed E-state index contributed by atoms with van der Waals surface area (Å²) in [6, 6.07) is 17.7. The summed E-state index contributed by atoms with van der Waals surface area (Å²) in [4.78, 5) is 16.7. The molecular formula is C20H19N3O2. The largest absolute Gasteiger partial charge is 0.445 e. The van der Waals surface area contributed by atoms with E-state index < -0.39 is 6.09 Å². The Balaban J connectivity index is 1.48. The number of imidazole rings is 1. The highest BCUT2D eigenvalue weighted by Gasteiger charge is 2.24. The first kappa shape index (κ1) is 15.4. The Morgan fingerprint density at radius 1 is 1.16 bits per heavy atom. The van der Waals surface area contributed by atoms with Crippen LogP contribution in [-0.2, 0) is 17.8 Å². The number of nitrogens with one attached hydrogen (secondary N) is 1. The molecule has 1 atom stereocenters. The zero-order valence-electron chi connectivity index (χ0n) is 13.8. The van der Waals surface area contributed by atoms with Crippen LogP contribution in [0.1, 0.15) is 29.4 Å². The van der Waals surface area contributed by atoms with Crippen molar-refractivity contribution in [3.63, 3.8) is 0 Å². The van der Waals surface area contributed by atoms with Crippen LogP contribution in [0.5, 0.6) is 0 Å². The normalized spacial score (nSPS) is 15.6. The van der Waals surface area contributed by atoms with Crippen molar-refractivity contribution in [1.29, 1.82) is 0 Å². The number of carbonyl (C=O) groups excluding carboxylic acids is 1. The number of para-hydroxylation sites is 1.